The minimum atomic E-state index is 0.906. The molecule has 1 aliphatic carbocycles. The Labute approximate surface area is 63.6 Å². The maximum Gasteiger partial charge on any atom is -0.0194 e. The van der Waals surface area contributed by atoms with Gasteiger partial charge in [-0.05, 0) is 31.6 Å². The maximum atomic E-state index is 3.69. The van der Waals surface area contributed by atoms with Crippen LogP contribution in [0.2, 0.25) is 0 Å². The van der Waals surface area contributed by atoms with Crippen LogP contribution >= 0.6 is 0 Å². The van der Waals surface area contributed by atoms with E-state index < -0.39 is 0 Å². The third-order valence-corrected chi connectivity index (χ3v) is 2.03. The summed E-state index contributed by atoms with van der Waals surface area (Å²) in [4.78, 5) is 0. The molecule has 0 aromatic rings. The standard InChI is InChI=1S/C10H16/c1-3-4-5-6-7-10-8-9(10)2/h3,7,9H,1,4-6,8H2,2H3. The first kappa shape index (κ1) is 7.59. The zero-order chi connectivity index (χ0) is 7.40. The lowest BCUT2D eigenvalue weighted by Crippen LogP contribution is -1.67. The fraction of sp³-hybridized carbons (Fsp3) is 0.600. The Balaban J connectivity index is 2.00. The summed E-state index contributed by atoms with van der Waals surface area (Å²) in [7, 11) is 0. The van der Waals surface area contributed by atoms with Gasteiger partial charge in [0.2, 0.25) is 0 Å². The number of hydrogen-bond acceptors (Lipinski definition) is 0. The van der Waals surface area contributed by atoms with Crippen molar-refractivity contribution in [3.8, 4) is 0 Å². The first-order valence-corrected chi connectivity index (χ1v) is 4.14. The van der Waals surface area contributed by atoms with Crippen LogP contribution in [-0.2, 0) is 0 Å². The Morgan fingerprint density at radius 3 is 2.80 bits per heavy atom. The molecule has 0 nitrogen and oxygen atoms in total. The van der Waals surface area contributed by atoms with Crippen molar-refractivity contribution in [3.05, 3.63) is 24.3 Å². The van der Waals surface area contributed by atoms with E-state index in [1.807, 2.05) is 6.08 Å². The average molecular weight is 136 g/mol. The summed E-state index contributed by atoms with van der Waals surface area (Å²) in [5.41, 5.74) is 1.67. The molecule has 1 saturated carbocycles. The molecule has 10 heavy (non-hydrogen) atoms. The highest BCUT2D eigenvalue weighted by molar-refractivity contribution is 5.21. The third kappa shape index (κ3) is 2.38. The Bertz CT molecular complexity index is 142. The van der Waals surface area contributed by atoms with Gasteiger partial charge in [0.1, 0.15) is 0 Å². The molecule has 0 bridgehead atoms. The van der Waals surface area contributed by atoms with Crippen LogP contribution in [0.25, 0.3) is 0 Å². The Hall–Kier alpha value is -0.520. The van der Waals surface area contributed by atoms with Crippen molar-refractivity contribution in [1.82, 2.24) is 0 Å². The van der Waals surface area contributed by atoms with Crippen molar-refractivity contribution in [2.75, 3.05) is 0 Å². The van der Waals surface area contributed by atoms with Crippen molar-refractivity contribution in [2.45, 2.75) is 32.6 Å². The van der Waals surface area contributed by atoms with Crippen molar-refractivity contribution < 1.29 is 0 Å². The second kappa shape index (κ2) is 3.60. The second-order valence-electron chi connectivity index (χ2n) is 3.10. The lowest BCUT2D eigenvalue weighted by molar-refractivity contribution is 0.866. The predicted octanol–water partition coefficient (Wildman–Crippen LogP) is 3.31. The molecular formula is C10H16. The molecule has 0 aliphatic heterocycles. The normalized spacial score (nSPS) is 26.9. The van der Waals surface area contributed by atoms with Crippen molar-refractivity contribution >= 4 is 0 Å². The van der Waals surface area contributed by atoms with Crippen LogP contribution < -0.4 is 0 Å². The van der Waals surface area contributed by atoms with E-state index in [0.717, 1.165) is 12.3 Å². The number of allylic oxidation sites excluding steroid dienone is 3. The van der Waals surface area contributed by atoms with E-state index >= 15 is 0 Å². The van der Waals surface area contributed by atoms with Crippen LogP contribution in [0.5, 0.6) is 0 Å². The second-order valence-corrected chi connectivity index (χ2v) is 3.10. The van der Waals surface area contributed by atoms with E-state index in [1.165, 1.54) is 19.3 Å². The van der Waals surface area contributed by atoms with E-state index in [-0.39, 0.29) is 0 Å². The Morgan fingerprint density at radius 2 is 2.30 bits per heavy atom. The summed E-state index contributed by atoms with van der Waals surface area (Å²) < 4.78 is 0. The van der Waals surface area contributed by atoms with Crippen LogP contribution in [0.1, 0.15) is 32.6 Å². The molecule has 0 heterocycles. The van der Waals surface area contributed by atoms with E-state index in [0.29, 0.717) is 0 Å². The minimum Gasteiger partial charge on any atom is -0.103 e. The van der Waals surface area contributed by atoms with Gasteiger partial charge in [-0.25, -0.2) is 0 Å². The van der Waals surface area contributed by atoms with Crippen molar-refractivity contribution in [2.24, 2.45) is 5.92 Å². The molecule has 0 radical (unpaired) electrons. The van der Waals surface area contributed by atoms with E-state index in [1.54, 1.807) is 5.57 Å². The molecule has 1 fully saturated rings. The molecule has 0 spiro atoms. The first-order chi connectivity index (χ1) is 4.84. The van der Waals surface area contributed by atoms with Gasteiger partial charge in [-0.15, -0.1) is 6.58 Å². The molecule has 0 heteroatoms. The Kier molecular flexibility index (Phi) is 2.73. The van der Waals surface area contributed by atoms with Crippen LogP contribution in [-0.4, -0.2) is 0 Å². The quantitative estimate of drug-likeness (QED) is 0.411. The third-order valence-electron chi connectivity index (χ3n) is 2.03. The molecule has 1 aliphatic rings. The summed E-state index contributed by atoms with van der Waals surface area (Å²) in [6, 6.07) is 0. The molecule has 1 unspecified atom stereocenters. The topological polar surface area (TPSA) is 0 Å². The molecule has 0 saturated heterocycles. The predicted molar refractivity (Wildman–Crippen MR) is 45.9 cm³/mol. The van der Waals surface area contributed by atoms with Crippen LogP contribution in [0.3, 0.4) is 0 Å². The highest BCUT2D eigenvalue weighted by Crippen LogP contribution is 2.36. The largest absolute Gasteiger partial charge is 0.103 e. The number of hydrogen-bond donors (Lipinski definition) is 0. The Morgan fingerprint density at radius 1 is 1.60 bits per heavy atom. The summed E-state index contributed by atoms with van der Waals surface area (Å²) in [6.45, 7) is 5.98. The SMILES string of the molecule is C=CCCCC=C1CC1C. The van der Waals surface area contributed by atoms with Gasteiger partial charge in [0.15, 0.2) is 0 Å². The zero-order valence-corrected chi connectivity index (χ0v) is 6.77. The van der Waals surface area contributed by atoms with Crippen molar-refractivity contribution in [1.29, 1.82) is 0 Å². The molecular weight excluding hydrogens is 120 g/mol. The minimum absolute atomic E-state index is 0.906. The summed E-state index contributed by atoms with van der Waals surface area (Å²) in [5.74, 6) is 0.906. The van der Waals surface area contributed by atoms with Gasteiger partial charge in [-0.3, -0.25) is 0 Å². The molecule has 1 atom stereocenters. The molecule has 0 aromatic heterocycles. The molecule has 56 valence electrons. The molecule has 0 amide bonds. The van der Waals surface area contributed by atoms with Gasteiger partial charge in [0.25, 0.3) is 0 Å². The van der Waals surface area contributed by atoms with Gasteiger partial charge in [-0.1, -0.05) is 24.6 Å². The number of unbranched alkanes of at least 4 members (excludes halogenated alkanes) is 2. The fourth-order valence-electron chi connectivity index (χ4n) is 1.13. The summed E-state index contributed by atoms with van der Waals surface area (Å²) >= 11 is 0. The summed E-state index contributed by atoms with van der Waals surface area (Å²) in [5, 5.41) is 0. The van der Waals surface area contributed by atoms with Gasteiger partial charge >= 0.3 is 0 Å². The summed E-state index contributed by atoms with van der Waals surface area (Å²) in [6.07, 6.45) is 9.45. The maximum absolute atomic E-state index is 3.69. The van der Waals surface area contributed by atoms with Crippen molar-refractivity contribution in [3.63, 3.8) is 0 Å². The lowest BCUT2D eigenvalue weighted by atomic mass is 10.2. The van der Waals surface area contributed by atoms with Gasteiger partial charge in [-0.2, -0.15) is 0 Å². The van der Waals surface area contributed by atoms with E-state index in [9.17, 15) is 0 Å². The zero-order valence-electron chi connectivity index (χ0n) is 6.77. The average Bonchev–Trinajstić information content (AvgIpc) is 2.60. The monoisotopic (exact) mass is 136 g/mol. The molecule has 0 N–H and O–H groups in total. The van der Waals surface area contributed by atoms with E-state index in [4.69, 9.17) is 0 Å². The highest BCUT2D eigenvalue weighted by atomic mass is 14.3. The van der Waals surface area contributed by atoms with E-state index in [2.05, 4.69) is 19.6 Å². The van der Waals surface area contributed by atoms with Gasteiger partial charge in [0.05, 0.1) is 0 Å². The lowest BCUT2D eigenvalue weighted by Gasteiger charge is -1.87. The smallest absolute Gasteiger partial charge is 0.0194 e. The highest BCUT2D eigenvalue weighted by Gasteiger charge is 2.22. The van der Waals surface area contributed by atoms with Gasteiger partial charge in [0, 0.05) is 0 Å². The number of rotatable bonds is 4. The van der Waals surface area contributed by atoms with Gasteiger partial charge < -0.3 is 0 Å². The van der Waals surface area contributed by atoms with Crippen LogP contribution in [0.15, 0.2) is 24.3 Å². The van der Waals surface area contributed by atoms with Crippen LogP contribution in [0.4, 0.5) is 0 Å². The van der Waals surface area contributed by atoms with Crippen LogP contribution in [0, 0.1) is 5.92 Å². The molecule has 0 aromatic carbocycles. The molecule has 1 rings (SSSR count). The fourth-order valence-corrected chi connectivity index (χ4v) is 1.13. The first-order valence-electron chi connectivity index (χ1n) is 4.14.